The molecule has 2 fully saturated rings. The first-order valence-corrected chi connectivity index (χ1v) is 11.5. The van der Waals surface area contributed by atoms with Crippen LogP contribution >= 0.6 is 0 Å². The van der Waals surface area contributed by atoms with Crippen molar-refractivity contribution < 1.29 is 9.21 Å². The van der Waals surface area contributed by atoms with Gasteiger partial charge in [-0.25, -0.2) is 4.98 Å². The molecular weight excluding hydrogens is 392 g/mol. The van der Waals surface area contributed by atoms with Crippen LogP contribution in [0, 0.1) is 5.92 Å². The van der Waals surface area contributed by atoms with Crippen LogP contribution in [0.4, 0.5) is 5.82 Å². The molecule has 168 valence electrons. The number of carbonyl (C=O) groups excluding carboxylic acids is 1. The van der Waals surface area contributed by atoms with Gasteiger partial charge < -0.3 is 14.6 Å². The van der Waals surface area contributed by atoms with E-state index < -0.39 is 0 Å². The molecule has 0 radical (unpaired) electrons. The van der Waals surface area contributed by atoms with Crippen LogP contribution in [0.2, 0.25) is 0 Å². The van der Waals surface area contributed by atoms with Crippen LogP contribution in [-0.4, -0.2) is 57.6 Å². The number of rotatable bonds is 6. The average Bonchev–Trinajstić information content (AvgIpc) is 3.29. The van der Waals surface area contributed by atoms with Gasteiger partial charge in [-0.1, -0.05) is 19.9 Å². The van der Waals surface area contributed by atoms with Crippen molar-refractivity contribution >= 4 is 11.7 Å². The van der Waals surface area contributed by atoms with E-state index in [9.17, 15) is 4.79 Å². The predicted octanol–water partition coefficient (Wildman–Crippen LogP) is 3.60. The minimum Gasteiger partial charge on any atom is -0.423 e. The first-order chi connectivity index (χ1) is 15.1. The van der Waals surface area contributed by atoms with Crippen molar-refractivity contribution in [2.24, 2.45) is 5.92 Å². The summed E-state index contributed by atoms with van der Waals surface area (Å²) >= 11 is 0. The van der Waals surface area contributed by atoms with Crippen molar-refractivity contribution in [2.45, 2.75) is 64.5 Å². The summed E-state index contributed by atoms with van der Waals surface area (Å²) < 4.78 is 6.16. The monoisotopic (exact) mass is 426 g/mol. The fraction of sp³-hybridized carbons (Fsp3) is 0.652. The molecule has 8 nitrogen and oxygen atoms in total. The first-order valence-electron chi connectivity index (χ1n) is 11.5. The van der Waals surface area contributed by atoms with Gasteiger partial charge in [0.1, 0.15) is 11.9 Å². The Balaban J connectivity index is 1.37. The van der Waals surface area contributed by atoms with E-state index in [2.05, 4.69) is 31.5 Å². The lowest BCUT2D eigenvalue weighted by atomic mass is 9.96. The van der Waals surface area contributed by atoms with E-state index >= 15 is 0 Å². The summed E-state index contributed by atoms with van der Waals surface area (Å²) in [6.45, 7) is 7.54. The minimum absolute atomic E-state index is 0.0180. The summed E-state index contributed by atoms with van der Waals surface area (Å²) in [5.41, 5.74) is 1.22. The van der Waals surface area contributed by atoms with Gasteiger partial charge in [-0.3, -0.25) is 9.69 Å². The van der Waals surface area contributed by atoms with Gasteiger partial charge in [-0.05, 0) is 51.3 Å². The number of amides is 1. The van der Waals surface area contributed by atoms with E-state index in [1.165, 1.54) is 5.56 Å². The highest BCUT2D eigenvalue weighted by molar-refractivity contribution is 5.78. The number of hydrogen-bond donors (Lipinski definition) is 1. The second kappa shape index (κ2) is 9.77. The van der Waals surface area contributed by atoms with Gasteiger partial charge in [-0.2, -0.15) is 0 Å². The van der Waals surface area contributed by atoms with Crippen LogP contribution in [0.3, 0.4) is 0 Å². The van der Waals surface area contributed by atoms with E-state index in [0.717, 1.165) is 70.0 Å². The Hall–Kier alpha value is -2.48. The maximum Gasteiger partial charge on any atom is 0.238 e. The molecule has 1 N–H and O–H groups in total. The van der Waals surface area contributed by atoms with Crippen LogP contribution in [0.15, 0.2) is 22.7 Å². The molecule has 0 aliphatic carbocycles. The van der Waals surface area contributed by atoms with Gasteiger partial charge in [0, 0.05) is 43.7 Å². The van der Waals surface area contributed by atoms with Gasteiger partial charge in [-0.15, -0.1) is 10.2 Å². The van der Waals surface area contributed by atoms with Gasteiger partial charge in [0.15, 0.2) is 0 Å². The number of carbonyl (C=O) groups is 1. The zero-order chi connectivity index (χ0) is 21.8. The Bertz CT molecular complexity index is 874. The molecule has 4 rings (SSSR count). The summed E-state index contributed by atoms with van der Waals surface area (Å²) in [5, 5.41) is 11.9. The zero-order valence-corrected chi connectivity index (χ0v) is 18.9. The second-order valence-corrected chi connectivity index (χ2v) is 8.99. The van der Waals surface area contributed by atoms with E-state index in [0.29, 0.717) is 5.89 Å². The highest BCUT2D eigenvalue weighted by Crippen LogP contribution is 2.34. The van der Waals surface area contributed by atoms with Crippen LogP contribution in [-0.2, 0) is 11.3 Å². The van der Waals surface area contributed by atoms with Crippen molar-refractivity contribution in [3.63, 3.8) is 0 Å². The van der Waals surface area contributed by atoms with E-state index in [1.807, 2.05) is 38.1 Å². The number of aromatic nitrogens is 3. The number of nitrogens with zero attached hydrogens (tertiary/aromatic N) is 5. The molecule has 2 aliphatic rings. The molecule has 2 aliphatic heterocycles. The molecule has 1 amide bonds. The number of anilines is 1. The van der Waals surface area contributed by atoms with Crippen LogP contribution in [0.5, 0.6) is 0 Å². The summed E-state index contributed by atoms with van der Waals surface area (Å²) in [6, 6.07) is 4.04. The van der Waals surface area contributed by atoms with Crippen LogP contribution in [0.1, 0.15) is 75.3 Å². The molecule has 0 bridgehead atoms. The molecular formula is C23H34N6O2. The lowest BCUT2D eigenvalue weighted by Crippen LogP contribution is -2.40. The standard InChI is InChI=1S/C23H34N6O2/c1-16(2)23(30)29-12-5-4-8-19(29)22-27-26-21(31-22)17-9-13-28(14-10-17)15-18-7-6-11-25-20(18)24-3/h6-7,11,16-17,19H,4-5,8-10,12-15H2,1-3H3,(H,24,25)/t19-/m0/s1. The number of likely N-dealkylation sites (tertiary alicyclic amines) is 2. The Morgan fingerprint density at radius 1 is 1.16 bits per heavy atom. The Labute approximate surface area is 184 Å². The zero-order valence-electron chi connectivity index (χ0n) is 18.9. The third kappa shape index (κ3) is 4.89. The molecule has 31 heavy (non-hydrogen) atoms. The summed E-state index contributed by atoms with van der Waals surface area (Å²) in [6.07, 6.45) is 6.84. The van der Waals surface area contributed by atoms with E-state index in [1.54, 1.807) is 0 Å². The van der Waals surface area contributed by atoms with Crippen molar-refractivity contribution in [3.8, 4) is 0 Å². The molecule has 0 spiro atoms. The third-order valence-electron chi connectivity index (χ3n) is 6.48. The number of piperidine rings is 2. The molecule has 1 atom stereocenters. The highest BCUT2D eigenvalue weighted by atomic mass is 16.4. The van der Waals surface area contributed by atoms with Crippen LogP contribution in [0.25, 0.3) is 0 Å². The fourth-order valence-electron chi connectivity index (χ4n) is 4.70. The number of pyridine rings is 1. The molecule has 2 aromatic rings. The third-order valence-corrected chi connectivity index (χ3v) is 6.48. The smallest absolute Gasteiger partial charge is 0.238 e. The quantitative estimate of drug-likeness (QED) is 0.755. The van der Waals surface area contributed by atoms with Crippen molar-refractivity contribution in [1.82, 2.24) is 25.0 Å². The van der Waals surface area contributed by atoms with Gasteiger partial charge in [0.2, 0.25) is 17.7 Å². The van der Waals surface area contributed by atoms with Crippen molar-refractivity contribution in [1.29, 1.82) is 0 Å². The van der Waals surface area contributed by atoms with E-state index in [4.69, 9.17) is 4.42 Å². The number of nitrogens with one attached hydrogen (secondary N) is 1. The molecule has 0 unspecified atom stereocenters. The fourth-order valence-corrected chi connectivity index (χ4v) is 4.70. The SMILES string of the molecule is CNc1ncccc1CN1CCC(c2nnc([C@@H]3CCCCN3C(=O)C(C)C)o2)CC1. The highest BCUT2D eigenvalue weighted by Gasteiger charge is 2.34. The topological polar surface area (TPSA) is 87.4 Å². The Morgan fingerprint density at radius 2 is 1.94 bits per heavy atom. The van der Waals surface area contributed by atoms with E-state index in [-0.39, 0.29) is 23.8 Å². The molecule has 4 heterocycles. The molecule has 0 aromatic carbocycles. The maximum atomic E-state index is 12.6. The lowest BCUT2D eigenvalue weighted by Gasteiger charge is -2.34. The normalized spacial score (nSPS) is 20.9. The lowest BCUT2D eigenvalue weighted by molar-refractivity contribution is -0.139. The largest absolute Gasteiger partial charge is 0.423 e. The molecule has 0 saturated carbocycles. The first kappa shape index (κ1) is 21.7. The summed E-state index contributed by atoms with van der Waals surface area (Å²) in [5.74, 6) is 2.73. The van der Waals surface area contributed by atoms with Gasteiger partial charge in [0.05, 0.1) is 0 Å². The molecule has 8 heteroatoms. The summed E-state index contributed by atoms with van der Waals surface area (Å²) in [7, 11) is 1.91. The predicted molar refractivity (Wildman–Crippen MR) is 118 cm³/mol. The minimum atomic E-state index is -0.0736. The summed E-state index contributed by atoms with van der Waals surface area (Å²) in [4.78, 5) is 21.4. The van der Waals surface area contributed by atoms with Crippen LogP contribution < -0.4 is 5.32 Å². The molecule has 2 saturated heterocycles. The van der Waals surface area contributed by atoms with Crippen molar-refractivity contribution in [2.75, 3.05) is 32.0 Å². The van der Waals surface area contributed by atoms with Gasteiger partial charge in [0.25, 0.3) is 0 Å². The second-order valence-electron chi connectivity index (χ2n) is 8.99. The van der Waals surface area contributed by atoms with Gasteiger partial charge >= 0.3 is 0 Å². The maximum absolute atomic E-state index is 12.6. The Kier molecular flexibility index (Phi) is 6.85. The molecule has 2 aromatic heterocycles. The Morgan fingerprint density at radius 3 is 2.68 bits per heavy atom. The number of hydrogen-bond acceptors (Lipinski definition) is 7. The average molecular weight is 427 g/mol. The van der Waals surface area contributed by atoms with Crippen molar-refractivity contribution in [3.05, 3.63) is 35.7 Å².